The van der Waals surface area contributed by atoms with Gasteiger partial charge in [0.2, 0.25) is 11.8 Å². The standard InChI is InChI=1S/C21H31N3O4S/c1-29(27,28)15-14-22-10-12-23(13-11-22)21(26)19-8-5-9-24(17-19)20(25)16-18-6-3-2-4-7-18/h2-4,6-7,19H,5,8-17H2,1H3. The molecule has 7 nitrogen and oxygen atoms in total. The van der Waals surface area contributed by atoms with Crippen molar-refractivity contribution in [2.75, 3.05) is 57.8 Å². The molecule has 1 aromatic rings. The molecular weight excluding hydrogens is 390 g/mol. The van der Waals surface area contributed by atoms with Crippen LogP contribution in [0.1, 0.15) is 18.4 Å². The quantitative estimate of drug-likeness (QED) is 0.674. The first-order valence-electron chi connectivity index (χ1n) is 10.3. The van der Waals surface area contributed by atoms with Gasteiger partial charge in [0.05, 0.1) is 18.1 Å². The average Bonchev–Trinajstić information content (AvgIpc) is 2.72. The highest BCUT2D eigenvalue weighted by Gasteiger charge is 2.32. The molecule has 1 unspecified atom stereocenters. The third kappa shape index (κ3) is 6.54. The van der Waals surface area contributed by atoms with Crippen LogP contribution in [0.2, 0.25) is 0 Å². The smallest absolute Gasteiger partial charge is 0.227 e. The van der Waals surface area contributed by atoms with Gasteiger partial charge in [0.15, 0.2) is 0 Å². The molecule has 2 saturated heterocycles. The second-order valence-electron chi connectivity index (χ2n) is 8.14. The van der Waals surface area contributed by atoms with Gasteiger partial charge < -0.3 is 9.80 Å². The van der Waals surface area contributed by atoms with E-state index >= 15 is 0 Å². The van der Waals surface area contributed by atoms with Crippen molar-refractivity contribution in [1.29, 1.82) is 0 Å². The van der Waals surface area contributed by atoms with Crippen molar-refractivity contribution in [3.05, 3.63) is 35.9 Å². The van der Waals surface area contributed by atoms with E-state index in [-0.39, 0.29) is 23.5 Å². The molecule has 0 bridgehead atoms. The Hall–Kier alpha value is -1.93. The predicted octanol–water partition coefficient (Wildman–Crippen LogP) is 0.657. The number of nitrogens with zero attached hydrogens (tertiary/aromatic N) is 3. The van der Waals surface area contributed by atoms with Crippen molar-refractivity contribution in [3.63, 3.8) is 0 Å². The number of carbonyl (C=O) groups is 2. The van der Waals surface area contributed by atoms with E-state index < -0.39 is 9.84 Å². The number of amides is 2. The largest absolute Gasteiger partial charge is 0.342 e. The minimum absolute atomic E-state index is 0.0827. The summed E-state index contributed by atoms with van der Waals surface area (Å²) in [4.78, 5) is 31.4. The summed E-state index contributed by atoms with van der Waals surface area (Å²) in [6.07, 6.45) is 3.30. The Kier molecular flexibility index (Phi) is 7.29. The van der Waals surface area contributed by atoms with Gasteiger partial charge in [-0.05, 0) is 18.4 Å². The number of piperidine rings is 1. The van der Waals surface area contributed by atoms with Crippen LogP contribution in [0.3, 0.4) is 0 Å². The van der Waals surface area contributed by atoms with Crippen molar-refractivity contribution < 1.29 is 18.0 Å². The van der Waals surface area contributed by atoms with E-state index in [1.165, 1.54) is 6.26 Å². The topological polar surface area (TPSA) is 78.0 Å². The Morgan fingerprint density at radius 3 is 2.34 bits per heavy atom. The molecule has 160 valence electrons. The number of rotatable bonds is 6. The Labute approximate surface area is 173 Å². The zero-order chi connectivity index (χ0) is 20.9. The summed E-state index contributed by atoms with van der Waals surface area (Å²) in [5, 5.41) is 0. The van der Waals surface area contributed by atoms with Crippen molar-refractivity contribution in [2.45, 2.75) is 19.3 Å². The Bertz CT molecular complexity index is 804. The fraction of sp³-hybridized carbons (Fsp3) is 0.619. The van der Waals surface area contributed by atoms with Crippen molar-refractivity contribution in [3.8, 4) is 0 Å². The van der Waals surface area contributed by atoms with Gasteiger partial charge in [-0.15, -0.1) is 0 Å². The molecule has 2 aliphatic heterocycles. The van der Waals surface area contributed by atoms with Crippen LogP contribution in [0.4, 0.5) is 0 Å². The van der Waals surface area contributed by atoms with Crippen LogP contribution in [0.5, 0.6) is 0 Å². The Morgan fingerprint density at radius 2 is 1.69 bits per heavy atom. The van der Waals surface area contributed by atoms with Crippen LogP contribution in [-0.4, -0.2) is 92.8 Å². The number of carbonyl (C=O) groups excluding carboxylic acids is 2. The third-order valence-electron chi connectivity index (χ3n) is 5.78. The van der Waals surface area contributed by atoms with E-state index in [0.29, 0.717) is 52.2 Å². The van der Waals surface area contributed by atoms with Gasteiger partial charge >= 0.3 is 0 Å². The van der Waals surface area contributed by atoms with Gasteiger partial charge in [-0.1, -0.05) is 30.3 Å². The number of sulfone groups is 1. The molecule has 8 heteroatoms. The average molecular weight is 422 g/mol. The number of piperazine rings is 1. The van der Waals surface area contributed by atoms with Gasteiger partial charge in [0.1, 0.15) is 9.84 Å². The molecule has 0 radical (unpaired) electrons. The van der Waals surface area contributed by atoms with Gasteiger partial charge in [-0.3, -0.25) is 14.5 Å². The predicted molar refractivity (Wildman–Crippen MR) is 112 cm³/mol. The highest BCUT2D eigenvalue weighted by Crippen LogP contribution is 2.21. The van der Waals surface area contributed by atoms with E-state index in [4.69, 9.17) is 0 Å². The summed E-state index contributed by atoms with van der Waals surface area (Å²) >= 11 is 0. The zero-order valence-corrected chi connectivity index (χ0v) is 17.9. The van der Waals surface area contributed by atoms with Crippen LogP contribution >= 0.6 is 0 Å². The maximum atomic E-state index is 13.0. The second kappa shape index (κ2) is 9.71. The lowest BCUT2D eigenvalue weighted by Crippen LogP contribution is -2.53. The first kappa shape index (κ1) is 21.8. The first-order valence-corrected chi connectivity index (χ1v) is 12.4. The molecule has 2 fully saturated rings. The number of hydrogen-bond acceptors (Lipinski definition) is 5. The molecular formula is C21H31N3O4S. The first-order chi connectivity index (χ1) is 13.8. The molecule has 0 aromatic heterocycles. The van der Waals surface area contributed by atoms with Crippen LogP contribution in [0, 0.1) is 5.92 Å². The normalized spacial score (nSPS) is 21.2. The molecule has 0 N–H and O–H groups in total. The Morgan fingerprint density at radius 1 is 1.00 bits per heavy atom. The summed E-state index contributed by atoms with van der Waals surface area (Å²) in [6.45, 7) is 4.38. The van der Waals surface area contributed by atoms with Crippen LogP contribution in [0.25, 0.3) is 0 Å². The highest BCUT2D eigenvalue weighted by atomic mass is 32.2. The summed E-state index contributed by atoms with van der Waals surface area (Å²) in [6, 6.07) is 9.70. The molecule has 0 saturated carbocycles. The fourth-order valence-electron chi connectivity index (χ4n) is 4.03. The van der Waals surface area contributed by atoms with Crippen LogP contribution in [0.15, 0.2) is 30.3 Å². The highest BCUT2D eigenvalue weighted by molar-refractivity contribution is 7.90. The molecule has 0 spiro atoms. The summed E-state index contributed by atoms with van der Waals surface area (Å²) in [7, 11) is -2.97. The van der Waals surface area contributed by atoms with Gasteiger partial charge in [-0.25, -0.2) is 8.42 Å². The fourth-order valence-corrected chi connectivity index (χ4v) is 4.62. The van der Waals surface area contributed by atoms with Crippen molar-refractivity contribution >= 4 is 21.7 Å². The lowest BCUT2D eigenvalue weighted by atomic mass is 9.95. The summed E-state index contributed by atoms with van der Waals surface area (Å²) in [5.41, 5.74) is 0.996. The molecule has 3 rings (SSSR count). The van der Waals surface area contributed by atoms with Gasteiger partial charge in [-0.2, -0.15) is 0 Å². The zero-order valence-electron chi connectivity index (χ0n) is 17.1. The third-order valence-corrected chi connectivity index (χ3v) is 6.71. The summed E-state index contributed by atoms with van der Waals surface area (Å²) in [5.74, 6) is 0.234. The summed E-state index contributed by atoms with van der Waals surface area (Å²) < 4.78 is 22.7. The van der Waals surface area contributed by atoms with Gasteiger partial charge in [0, 0.05) is 52.1 Å². The van der Waals surface area contributed by atoms with Crippen molar-refractivity contribution in [1.82, 2.24) is 14.7 Å². The SMILES string of the molecule is CS(=O)(=O)CCN1CCN(C(=O)C2CCCN(C(=O)Cc3ccccc3)C2)CC1. The van der Waals surface area contributed by atoms with E-state index in [1.807, 2.05) is 40.1 Å². The number of likely N-dealkylation sites (tertiary alicyclic amines) is 1. The monoisotopic (exact) mass is 421 g/mol. The minimum atomic E-state index is -2.97. The molecule has 29 heavy (non-hydrogen) atoms. The Balaban J connectivity index is 1.48. The van der Waals surface area contributed by atoms with Gasteiger partial charge in [0.25, 0.3) is 0 Å². The van der Waals surface area contributed by atoms with E-state index in [1.54, 1.807) is 0 Å². The van der Waals surface area contributed by atoms with E-state index in [0.717, 1.165) is 18.4 Å². The molecule has 2 aliphatic rings. The molecule has 2 heterocycles. The molecule has 0 aliphatic carbocycles. The number of hydrogen-bond donors (Lipinski definition) is 0. The lowest BCUT2D eigenvalue weighted by molar-refractivity contribution is -0.142. The van der Waals surface area contributed by atoms with Crippen LogP contribution < -0.4 is 0 Å². The number of benzene rings is 1. The molecule has 1 atom stereocenters. The molecule has 1 aromatic carbocycles. The maximum absolute atomic E-state index is 13.0. The van der Waals surface area contributed by atoms with E-state index in [9.17, 15) is 18.0 Å². The van der Waals surface area contributed by atoms with Crippen molar-refractivity contribution in [2.24, 2.45) is 5.92 Å². The second-order valence-corrected chi connectivity index (χ2v) is 10.4. The lowest BCUT2D eigenvalue weighted by Gasteiger charge is -2.39. The maximum Gasteiger partial charge on any atom is 0.227 e. The minimum Gasteiger partial charge on any atom is -0.342 e. The molecule has 2 amide bonds. The van der Waals surface area contributed by atoms with E-state index in [2.05, 4.69) is 4.90 Å². The van der Waals surface area contributed by atoms with Crippen LogP contribution in [-0.2, 0) is 25.8 Å².